The van der Waals surface area contributed by atoms with E-state index in [0.29, 0.717) is 56.1 Å². The first-order valence-electron chi connectivity index (χ1n) is 13.4. The van der Waals surface area contributed by atoms with Crippen molar-refractivity contribution in [3.8, 4) is 34.1 Å². The molecule has 0 atom stereocenters. The maximum atomic E-state index is 13.4. The van der Waals surface area contributed by atoms with Crippen LogP contribution in [0, 0.1) is 0 Å². The number of hydrazone groups is 1. The van der Waals surface area contributed by atoms with Crippen molar-refractivity contribution in [2.45, 2.75) is 6.92 Å². The molecule has 0 aliphatic rings. The van der Waals surface area contributed by atoms with Gasteiger partial charge in [-0.25, -0.2) is 10.2 Å². The van der Waals surface area contributed by atoms with Gasteiger partial charge in [-0.1, -0.05) is 53.5 Å². The number of halogens is 2. The number of hydrogen-bond acceptors (Lipinski definition) is 7. The number of benzene rings is 4. The fourth-order valence-corrected chi connectivity index (χ4v) is 5.05. The van der Waals surface area contributed by atoms with Crippen LogP contribution in [0.2, 0.25) is 10.0 Å². The van der Waals surface area contributed by atoms with E-state index in [2.05, 4.69) is 15.5 Å². The number of para-hydroxylation sites is 1. The van der Waals surface area contributed by atoms with E-state index in [0.717, 1.165) is 5.39 Å². The molecule has 5 aromatic rings. The Kier molecular flexibility index (Phi) is 9.38. The third-order valence-corrected chi connectivity index (χ3v) is 7.18. The molecule has 1 amide bonds. The van der Waals surface area contributed by atoms with E-state index in [-0.39, 0.29) is 17.0 Å². The van der Waals surface area contributed by atoms with Crippen molar-refractivity contribution < 1.29 is 28.5 Å². The fourth-order valence-electron chi connectivity index (χ4n) is 4.65. The number of ether oxygens (including phenoxy) is 4. The van der Waals surface area contributed by atoms with E-state index in [1.54, 1.807) is 56.5 Å². The summed E-state index contributed by atoms with van der Waals surface area (Å²) >= 11 is 12.6. The Morgan fingerprint density at radius 2 is 1.66 bits per heavy atom. The Labute approximate surface area is 263 Å². The number of rotatable bonds is 10. The number of esters is 1. The number of methoxy groups -OCH3 is 2. The SMILES string of the molecule is CCOc1cc(C=NNC(=O)c2[nH]c3c(OC)cccc3c2-c2ccccc2Cl)ccc1OC(=O)c1cc(Cl)ccc1OC. The molecule has 9 nitrogen and oxygen atoms in total. The predicted molar refractivity (Wildman–Crippen MR) is 171 cm³/mol. The maximum Gasteiger partial charge on any atom is 0.347 e. The van der Waals surface area contributed by atoms with Gasteiger partial charge in [-0.15, -0.1) is 0 Å². The lowest BCUT2D eigenvalue weighted by Crippen LogP contribution is -2.19. The number of aromatic amines is 1. The summed E-state index contributed by atoms with van der Waals surface area (Å²) in [5.41, 5.74) is 5.56. The highest BCUT2D eigenvalue weighted by Gasteiger charge is 2.22. The van der Waals surface area contributed by atoms with Gasteiger partial charge in [-0.05, 0) is 61.0 Å². The lowest BCUT2D eigenvalue weighted by molar-refractivity contribution is 0.0724. The number of H-pyrrole nitrogens is 1. The first kappa shape index (κ1) is 30.5. The van der Waals surface area contributed by atoms with Gasteiger partial charge < -0.3 is 23.9 Å². The lowest BCUT2D eigenvalue weighted by atomic mass is 10.0. The van der Waals surface area contributed by atoms with Gasteiger partial charge in [-0.2, -0.15) is 5.10 Å². The molecule has 5 rings (SSSR count). The highest BCUT2D eigenvalue weighted by molar-refractivity contribution is 6.34. The Morgan fingerprint density at radius 3 is 2.41 bits per heavy atom. The minimum Gasteiger partial charge on any atom is -0.496 e. The van der Waals surface area contributed by atoms with Crippen LogP contribution in [-0.2, 0) is 0 Å². The van der Waals surface area contributed by atoms with Crippen molar-refractivity contribution in [2.24, 2.45) is 5.10 Å². The highest BCUT2D eigenvalue weighted by Crippen LogP contribution is 2.39. The standard InChI is InChI=1S/C33H27Cl2N3O6/c1-4-43-28-16-19(12-14-26(28)44-33(40)23-17-20(34)13-15-25(23)41-2)18-36-38-32(39)31-29(21-8-5-6-10-24(21)35)22-9-7-11-27(42-3)30(22)37-31/h5-18,37H,4H2,1-3H3,(H,38,39). The third kappa shape index (κ3) is 6.34. The van der Waals surface area contributed by atoms with E-state index < -0.39 is 11.9 Å². The van der Waals surface area contributed by atoms with E-state index in [9.17, 15) is 9.59 Å². The van der Waals surface area contributed by atoms with Crippen LogP contribution >= 0.6 is 23.2 Å². The van der Waals surface area contributed by atoms with Gasteiger partial charge in [-0.3, -0.25) is 4.79 Å². The largest absolute Gasteiger partial charge is 0.496 e. The summed E-state index contributed by atoms with van der Waals surface area (Å²) in [7, 11) is 3.01. The monoisotopic (exact) mass is 631 g/mol. The minimum absolute atomic E-state index is 0.168. The summed E-state index contributed by atoms with van der Waals surface area (Å²) in [6.45, 7) is 2.12. The topological polar surface area (TPSA) is 111 Å². The van der Waals surface area contributed by atoms with Gasteiger partial charge in [0.15, 0.2) is 11.5 Å². The van der Waals surface area contributed by atoms with Crippen LogP contribution in [-0.4, -0.2) is 43.9 Å². The second-order valence-corrected chi connectivity index (χ2v) is 10.2. The predicted octanol–water partition coefficient (Wildman–Crippen LogP) is 7.54. The number of hydrogen-bond donors (Lipinski definition) is 2. The average Bonchev–Trinajstić information content (AvgIpc) is 3.42. The number of carbonyl (C=O) groups excluding carboxylic acids is 2. The normalized spacial score (nSPS) is 11.0. The van der Waals surface area contributed by atoms with Gasteiger partial charge in [0.2, 0.25) is 0 Å². The molecule has 0 aliphatic heterocycles. The number of fused-ring (bicyclic) bond motifs is 1. The summed E-state index contributed by atoms with van der Waals surface area (Å²) in [4.78, 5) is 29.5. The van der Waals surface area contributed by atoms with Crippen molar-refractivity contribution in [3.05, 3.63) is 106 Å². The molecule has 0 saturated carbocycles. The van der Waals surface area contributed by atoms with E-state index in [1.165, 1.54) is 19.4 Å². The molecule has 0 spiro atoms. The Morgan fingerprint density at radius 1 is 0.886 bits per heavy atom. The summed E-state index contributed by atoms with van der Waals surface area (Å²) in [6.07, 6.45) is 1.45. The van der Waals surface area contributed by atoms with Gasteiger partial charge in [0, 0.05) is 26.6 Å². The number of carbonyl (C=O) groups is 2. The summed E-state index contributed by atoms with van der Waals surface area (Å²) in [5.74, 6) is 0.250. The van der Waals surface area contributed by atoms with Crippen molar-refractivity contribution in [1.82, 2.24) is 10.4 Å². The molecule has 11 heteroatoms. The van der Waals surface area contributed by atoms with Crippen molar-refractivity contribution in [1.29, 1.82) is 0 Å². The first-order chi connectivity index (χ1) is 21.3. The number of amides is 1. The minimum atomic E-state index is -0.664. The van der Waals surface area contributed by atoms with Crippen LogP contribution in [0.5, 0.6) is 23.0 Å². The Balaban J connectivity index is 1.40. The summed E-state index contributed by atoms with van der Waals surface area (Å²) < 4.78 is 22.1. The quantitative estimate of drug-likeness (QED) is 0.0713. The molecular formula is C33H27Cl2N3O6. The highest BCUT2D eigenvalue weighted by atomic mass is 35.5. The second kappa shape index (κ2) is 13.5. The molecule has 0 fully saturated rings. The first-order valence-corrected chi connectivity index (χ1v) is 14.2. The molecule has 1 aromatic heterocycles. The molecule has 0 bridgehead atoms. The zero-order valence-corrected chi connectivity index (χ0v) is 25.5. The van der Waals surface area contributed by atoms with E-state index in [4.69, 9.17) is 42.1 Å². The van der Waals surface area contributed by atoms with Crippen LogP contribution in [0.1, 0.15) is 33.3 Å². The number of aromatic nitrogens is 1. The molecular weight excluding hydrogens is 605 g/mol. The van der Waals surface area contributed by atoms with Gasteiger partial charge in [0.25, 0.3) is 5.91 Å². The van der Waals surface area contributed by atoms with E-state index in [1.807, 2.05) is 30.3 Å². The van der Waals surface area contributed by atoms with E-state index >= 15 is 0 Å². The Bertz CT molecular complexity index is 1890. The van der Waals surface area contributed by atoms with Gasteiger partial charge >= 0.3 is 5.97 Å². The zero-order chi connectivity index (χ0) is 31.2. The van der Waals surface area contributed by atoms with Crippen molar-refractivity contribution in [2.75, 3.05) is 20.8 Å². The summed E-state index contributed by atoms with van der Waals surface area (Å²) in [6, 6.07) is 22.4. The number of nitrogens with one attached hydrogen (secondary N) is 2. The molecule has 4 aromatic carbocycles. The lowest BCUT2D eigenvalue weighted by Gasteiger charge is -2.13. The van der Waals surface area contributed by atoms with Crippen LogP contribution in [0.25, 0.3) is 22.0 Å². The van der Waals surface area contributed by atoms with Gasteiger partial charge in [0.05, 0.1) is 32.6 Å². The van der Waals surface area contributed by atoms with Crippen LogP contribution in [0.15, 0.2) is 84.0 Å². The third-order valence-electron chi connectivity index (χ3n) is 6.62. The van der Waals surface area contributed by atoms with Crippen LogP contribution in [0.3, 0.4) is 0 Å². The van der Waals surface area contributed by atoms with Crippen molar-refractivity contribution >= 4 is 52.2 Å². The molecule has 0 aliphatic carbocycles. The molecule has 44 heavy (non-hydrogen) atoms. The molecule has 2 N–H and O–H groups in total. The molecule has 0 unspecified atom stereocenters. The maximum absolute atomic E-state index is 13.4. The smallest absolute Gasteiger partial charge is 0.347 e. The van der Waals surface area contributed by atoms with Crippen molar-refractivity contribution in [3.63, 3.8) is 0 Å². The second-order valence-electron chi connectivity index (χ2n) is 9.31. The molecule has 0 radical (unpaired) electrons. The zero-order valence-electron chi connectivity index (χ0n) is 23.9. The Hall–Kier alpha value is -4.99. The summed E-state index contributed by atoms with van der Waals surface area (Å²) in [5, 5.41) is 5.78. The number of nitrogens with zero attached hydrogens (tertiary/aromatic N) is 1. The van der Waals surface area contributed by atoms with Gasteiger partial charge in [0.1, 0.15) is 22.8 Å². The van der Waals surface area contributed by atoms with Crippen LogP contribution in [0.4, 0.5) is 0 Å². The molecule has 224 valence electrons. The average molecular weight is 633 g/mol. The van der Waals surface area contributed by atoms with Crippen LogP contribution < -0.4 is 24.4 Å². The fraction of sp³-hybridized carbons (Fsp3) is 0.121. The molecule has 1 heterocycles. The molecule has 0 saturated heterocycles.